The zero-order chi connectivity index (χ0) is 10.4. The van der Waals surface area contributed by atoms with Gasteiger partial charge in [0.2, 0.25) is 0 Å². The number of fused-ring (bicyclic) bond motifs is 1. The lowest BCUT2D eigenvalue weighted by molar-refractivity contribution is 0.621. The summed E-state index contributed by atoms with van der Waals surface area (Å²) in [6.45, 7) is 1.07. The summed E-state index contributed by atoms with van der Waals surface area (Å²) in [5.74, 6) is 0.649. The third-order valence-electron chi connectivity index (χ3n) is 2.96. The lowest BCUT2D eigenvalue weighted by Gasteiger charge is -2.04. The fraction of sp³-hybridized carbons (Fsp3) is 0.333. The molecule has 3 rings (SSSR count). The summed E-state index contributed by atoms with van der Waals surface area (Å²) < 4.78 is 16.0. The molecule has 15 heavy (non-hydrogen) atoms. The van der Waals surface area contributed by atoms with Gasteiger partial charge >= 0.3 is 0 Å². The number of hydrogen-bond donors (Lipinski definition) is 0. The van der Waals surface area contributed by atoms with Crippen LogP contribution in [-0.2, 0) is 6.54 Å². The summed E-state index contributed by atoms with van der Waals surface area (Å²) in [5, 5.41) is 0.983. The SMILES string of the molecule is Fc1cc2ccn(CC3CC3)c2cc1Br. The molecule has 0 saturated heterocycles. The van der Waals surface area contributed by atoms with Gasteiger partial charge < -0.3 is 4.57 Å². The molecule has 1 fully saturated rings. The normalized spacial score (nSPS) is 16.1. The van der Waals surface area contributed by atoms with Gasteiger partial charge in [0.05, 0.1) is 4.47 Å². The molecule has 1 nitrogen and oxygen atoms in total. The minimum absolute atomic E-state index is 0.188. The van der Waals surface area contributed by atoms with E-state index in [0.29, 0.717) is 4.47 Å². The van der Waals surface area contributed by atoms with E-state index >= 15 is 0 Å². The zero-order valence-electron chi connectivity index (χ0n) is 8.21. The molecule has 1 aromatic heterocycles. The van der Waals surface area contributed by atoms with E-state index in [9.17, 15) is 4.39 Å². The van der Waals surface area contributed by atoms with E-state index in [2.05, 4.69) is 26.7 Å². The topological polar surface area (TPSA) is 4.93 Å². The van der Waals surface area contributed by atoms with E-state index < -0.39 is 0 Å². The predicted molar refractivity (Wildman–Crippen MR) is 62.3 cm³/mol. The van der Waals surface area contributed by atoms with Crippen LogP contribution in [0.25, 0.3) is 10.9 Å². The first-order valence-corrected chi connectivity index (χ1v) is 5.97. The van der Waals surface area contributed by atoms with Crippen molar-refractivity contribution < 1.29 is 4.39 Å². The second kappa shape index (κ2) is 3.34. The maximum Gasteiger partial charge on any atom is 0.138 e. The van der Waals surface area contributed by atoms with Crippen LogP contribution >= 0.6 is 15.9 Å². The summed E-state index contributed by atoms with van der Waals surface area (Å²) >= 11 is 3.23. The van der Waals surface area contributed by atoms with Crippen molar-refractivity contribution in [1.82, 2.24) is 4.57 Å². The Hall–Kier alpha value is -0.830. The van der Waals surface area contributed by atoms with Crippen LogP contribution in [-0.4, -0.2) is 4.57 Å². The van der Waals surface area contributed by atoms with Gasteiger partial charge in [-0.15, -0.1) is 0 Å². The first-order valence-electron chi connectivity index (χ1n) is 5.18. The van der Waals surface area contributed by atoms with Crippen LogP contribution in [0.5, 0.6) is 0 Å². The van der Waals surface area contributed by atoms with Crippen molar-refractivity contribution in [2.75, 3.05) is 0 Å². The van der Waals surface area contributed by atoms with E-state index in [4.69, 9.17) is 0 Å². The van der Waals surface area contributed by atoms with Gasteiger partial charge in [0.25, 0.3) is 0 Å². The Balaban J connectivity index is 2.10. The lowest BCUT2D eigenvalue weighted by Crippen LogP contribution is -1.97. The fourth-order valence-corrected chi connectivity index (χ4v) is 2.25. The van der Waals surface area contributed by atoms with Gasteiger partial charge in [0.15, 0.2) is 0 Å². The maximum absolute atomic E-state index is 13.3. The molecule has 0 spiro atoms. The highest BCUT2D eigenvalue weighted by Crippen LogP contribution is 2.32. The standard InChI is InChI=1S/C12H11BrFN/c13-10-6-12-9(5-11(10)14)3-4-15(12)7-8-1-2-8/h3-6,8H,1-2,7H2. The van der Waals surface area contributed by atoms with Crippen molar-refractivity contribution >= 4 is 26.8 Å². The van der Waals surface area contributed by atoms with Gasteiger partial charge in [-0.05, 0) is 52.9 Å². The van der Waals surface area contributed by atoms with Gasteiger partial charge in [-0.25, -0.2) is 4.39 Å². The van der Waals surface area contributed by atoms with Crippen LogP contribution < -0.4 is 0 Å². The summed E-state index contributed by atoms with van der Waals surface area (Å²) in [4.78, 5) is 0. The van der Waals surface area contributed by atoms with Gasteiger partial charge in [0, 0.05) is 23.6 Å². The Morgan fingerprint density at radius 2 is 2.20 bits per heavy atom. The highest BCUT2D eigenvalue weighted by Gasteiger charge is 2.22. The minimum atomic E-state index is -0.188. The number of aromatic nitrogens is 1. The van der Waals surface area contributed by atoms with Crippen LogP contribution in [0.3, 0.4) is 0 Å². The lowest BCUT2D eigenvalue weighted by atomic mass is 10.2. The van der Waals surface area contributed by atoms with Crippen molar-refractivity contribution in [2.45, 2.75) is 19.4 Å². The molecule has 1 aliphatic carbocycles. The Morgan fingerprint density at radius 1 is 1.40 bits per heavy atom. The van der Waals surface area contributed by atoms with E-state index in [-0.39, 0.29) is 5.82 Å². The van der Waals surface area contributed by atoms with Crippen LogP contribution in [0, 0.1) is 11.7 Å². The van der Waals surface area contributed by atoms with Gasteiger partial charge in [-0.3, -0.25) is 0 Å². The average Bonchev–Trinajstić information content (AvgIpc) is 2.94. The highest BCUT2D eigenvalue weighted by molar-refractivity contribution is 9.10. The highest BCUT2D eigenvalue weighted by atomic mass is 79.9. The molecule has 0 unspecified atom stereocenters. The number of hydrogen-bond acceptors (Lipinski definition) is 0. The first kappa shape index (κ1) is 9.40. The van der Waals surface area contributed by atoms with Crippen LogP contribution in [0.4, 0.5) is 4.39 Å². The van der Waals surface area contributed by atoms with Crippen molar-refractivity contribution in [3.63, 3.8) is 0 Å². The fourth-order valence-electron chi connectivity index (χ4n) is 1.92. The molecule has 1 heterocycles. The van der Waals surface area contributed by atoms with E-state index in [1.807, 2.05) is 12.1 Å². The second-order valence-electron chi connectivity index (χ2n) is 4.24. The molecule has 0 bridgehead atoms. The Bertz CT molecular complexity index is 514. The molecule has 0 aliphatic heterocycles. The van der Waals surface area contributed by atoms with Gasteiger partial charge in [0.1, 0.15) is 5.82 Å². The summed E-state index contributed by atoms with van der Waals surface area (Å²) in [6, 6.07) is 5.43. The van der Waals surface area contributed by atoms with Crippen LogP contribution in [0.2, 0.25) is 0 Å². The molecule has 0 radical (unpaired) electrons. The average molecular weight is 268 g/mol. The molecule has 1 aromatic carbocycles. The molecular weight excluding hydrogens is 257 g/mol. The number of nitrogens with zero attached hydrogens (tertiary/aromatic N) is 1. The van der Waals surface area contributed by atoms with Gasteiger partial charge in [-0.2, -0.15) is 0 Å². The molecule has 1 aliphatic rings. The molecular formula is C12H11BrFN. The van der Waals surface area contributed by atoms with Gasteiger partial charge in [-0.1, -0.05) is 0 Å². The van der Waals surface area contributed by atoms with E-state index in [0.717, 1.165) is 23.4 Å². The number of rotatable bonds is 2. The minimum Gasteiger partial charge on any atom is -0.347 e. The van der Waals surface area contributed by atoms with E-state index in [1.165, 1.54) is 12.8 Å². The largest absolute Gasteiger partial charge is 0.347 e. The predicted octanol–water partition coefficient (Wildman–Crippen LogP) is 3.95. The molecule has 1 saturated carbocycles. The van der Waals surface area contributed by atoms with Crippen molar-refractivity contribution in [3.8, 4) is 0 Å². The molecule has 0 N–H and O–H groups in total. The number of benzene rings is 1. The quantitative estimate of drug-likeness (QED) is 0.777. The molecule has 78 valence electrons. The smallest absolute Gasteiger partial charge is 0.138 e. The van der Waals surface area contributed by atoms with E-state index in [1.54, 1.807) is 6.07 Å². The van der Waals surface area contributed by atoms with Crippen molar-refractivity contribution in [1.29, 1.82) is 0 Å². The maximum atomic E-state index is 13.3. The number of halogens is 2. The molecule has 0 amide bonds. The van der Waals surface area contributed by atoms with Crippen LogP contribution in [0.15, 0.2) is 28.9 Å². The van der Waals surface area contributed by atoms with Crippen molar-refractivity contribution in [3.05, 3.63) is 34.7 Å². The monoisotopic (exact) mass is 267 g/mol. The third kappa shape index (κ3) is 1.69. The first-order chi connectivity index (χ1) is 7.24. The molecule has 3 heteroatoms. The summed E-state index contributed by atoms with van der Waals surface area (Å²) in [5.41, 5.74) is 1.12. The zero-order valence-corrected chi connectivity index (χ0v) is 9.80. The molecule has 0 atom stereocenters. The Morgan fingerprint density at radius 3 is 2.93 bits per heavy atom. The Kier molecular flexibility index (Phi) is 2.09. The molecule has 2 aromatic rings. The second-order valence-corrected chi connectivity index (χ2v) is 5.09. The third-order valence-corrected chi connectivity index (χ3v) is 3.57. The Labute approximate surface area is 96.0 Å². The summed E-state index contributed by atoms with van der Waals surface area (Å²) in [7, 11) is 0. The van der Waals surface area contributed by atoms with Crippen molar-refractivity contribution in [2.24, 2.45) is 5.92 Å². The summed E-state index contributed by atoms with van der Waals surface area (Å²) in [6.07, 6.45) is 4.72. The van der Waals surface area contributed by atoms with Crippen LogP contribution in [0.1, 0.15) is 12.8 Å².